The molecule has 1 N–H and O–H groups in total. The maximum Gasteiger partial charge on any atom is 0.416 e. The Labute approximate surface area is 190 Å². The smallest absolute Gasteiger partial charge is 0.416 e. The highest BCUT2D eigenvalue weighted by molar-refractivity contribution is 5.94. The van der Waals surface area contributed by atoms with E-state index in [4.69, 9.17) is 4.74 Å². The van der Waals surface area contributed by atoms with Crippen LogP contribution in [0, 0.1) is 5.92 Å². The Bertz CT molecular complexity index is 993. The number of hydrogen-bond acceptors (Lipinski definition) is 5. The third kappa shape index (κ3) is 6.21. The fourth-order valence-electron chi connectivity index (χ4n) is 3.66. The summed E-state index contributed by atoms with van der Waals surface area (Å²) in [5.74, 6) is -0.352. The number of carbonyl (C=O) groups excluding carboxylic acids is 2. The molecule has 2 aromatic rings. The van der Waals surface area contributed by atoms with E-state index in [0.29, 0.717) is 32.4 Å². The van der Waals surface area contributed by atoms with E-state index in [-0.39, 0.29) is 47.3 Å². The van der Waals surface area contributed by atoms with E-state index in [1.54, 1.807) is 4.90 Å². The number of amides is 2. The van der Waals surface area contributed by atoms with Gasteiger partial charge < -0.3 is 15.0 Å². The summed E-state index contributed by atoms with van der Waals surface area (Å²) in [7, 11) is 0. The minimum absolute atomic E-state index is 0.0287. The molecule has 0 atom stereocenters. The topological polar surface area (TPSA) is 84.4 Å². The Kier molecular flexibility index (Phi) is 7.88. The van der Waals surface area contributed by atoms with Crippen molar-refractivity contribution in [3.05, 3.63) is 36.0 Å². The second-order valence-corrected chi connectivity index (χ2v) is 7.82. The molecule has 0 spiro atoms. The lowest BCUT2D eigenvalue weighted by atomic mass is 10.0. The fraction of sp³-hybridized carbons (Fsp3) is 0.478. The van der Waals surface area contributed by atoms with E-state index in [1.807, 2.05) is 13.8 Å². The van der Waals surface area contributed by atoms with Gasteiger partial charge in [0.15, 0.2) is 5.82 Å². The first-order valence-corrected chi connectivity index (χ1v) is 11.0. The maximum atomic E-state index is 13.2. The van der Waals surface area contributed by atoms with Crippen LogP contribution in [-0.2, 0) is 15.8 Å². The lowest BCUT2D eigenvalue weighted by Gasteiger charge is -2.17. The number of rotatable bonds is 9. The van der Waals surface area contributed by atoms with Gasteiger partial charge in [-0.15, -0.1) is 0 Å². The summed E-state index contributed by atoms with van der Waals surface area (Å²) >= 11 is 0. The van der Waals surface area contributed by atoms with Crippen LogP contribution in [0.1, 0.15) is 45.1 Å². The van der Waals surface area contributed by atoms with Gasteiger partial charge in [-0.25, -0.2) is 4.98 Å². The molecule has 1 aromatic carbocycles. The van der Waals surface area contributed by atoms with Crippen molar-refractivity contribution in [1.29, 1.82) is 0 Å². The molecule has 0 bridgehead atoms. The van der Waals surface area contributed by atoms with Crippen LogP contribution in [-0.4, -0.2) is 46.4 Å². The number of halogens is 3. The summed E-state index contributed by atoms with van der Waals surface area (Å²) in [6, 6.07) is 4.70. The van der Waals surface area contributed by atoms with Crippen molar-refractivity contribution < 1.29 is 27.5 Å². The standard InChI is InChI=1S/C23H27F3N4O3/c1-3-15(4-2)22(32)29-21-20(16-7-5-8-17(13-16)23(24,25)26)27-14-18(28-21)33-12-11-30-10-6-9-19(30)31/h5,7-8,13-15H,3-4,6,9-12H2,1-2H3,(H,28,29,32). The maximum absolute atomic E-state index is 13.2. The number of nitrogens with zero attached hydrogens (tertiary/aromatic N) is 3. The van der Waals surface area contributed by atoms with Gasteiger partial charge in [0.1, 0.15) is 12.3 Å². The van der Waals surface area contributed by atoms with E-state index in [9.17, 15) is 22.8 Å². The predicted molar refractivity (Wildman–Crippen MR) is 116 cm³/mol. The Balaban J connectivity index is 1.86. The van der Waals surface area contributed by atoms with Gasteiger partial charge in [-0.2, -0.15) is 18.2 Å². The van der Waals surface area contributed by atoms with Crippen molar-refractivity contribution in [2.75, 3.05) is 25.0 Å². The van der Waals surface area contributed by atoms with E-state index >= 15 is 0 Å². The summed E-state index contributed by atoms with van der Waals surface area (Å²) in [5.41, 5.74) is -0.538. The van der Waals surface area contributed by atoms with E-state index in [2.05, 4.69) is 15.3 Å². The minimum atomic E-state index is -4.52. The Morgan fingerprint density at radius 1 is 1.27 bits per heavy atom. The van der Waals surface area contributed by atoms with Gasteiger partial charge in [0, 0.05) is 24.4 Å². The van der Waals surface area contributed by atoms with Crippen LogP contribution in [0.5, 0.6) is 5.88 Å². The van der Waals surface area contributed by atoms with Crippen molar-refractivity contribution >= 4 is 17.6 Å². The monoisotopic (exact) mass is 464 g/mol. The van der Waals surface area contributed by atoms with Crippen LogP contribution >= 0.6 is 0 Å². The van der Waals surface area contributed by atoms with Gasteiger partial charge in [0.05, 0.1) is 18.3 Å². The number of hydrogen-bond donors (Lipinski definition) is 1. The molecule has 1 fully saturated rings. The minimum Gasteiger partial charge on any atom is -0.475 e. The number of likely N-dealkylation sites (tertiary alicyclic amines) is 1. The summed E-state index contributed by atoms with van der Waals surface area (Å²) < 4.78 is 45.2. The van der Waals surface area contributed by atoms with Gasteiger partial charge in [0.2, 0.25) is 17.7 Å². The first kappa shape index (κ1) is 24.5. The molecule has 1 aliphatic heterocycles. The SMILES string of the molecule is CCC(CC)C(=O)Nc1nc(OCCN2CCCC2=O)cnc1-c1cccc(C(F)(F)F)c1. The molecule has 3 rings (SSSR count). The van der Waals surface area contributed by atoms with Crippen LogP contribution in [0.3, 0.4) is 0 Å². The summed E-state index contributed by atoms with van der Waals surface area (Å²) in [5, 5.41) is 2.71. The van der Waals surface area contributed by atoms with Crippen LogP contribution < -0.4 is 10.1 Å². The molecular formula is C23H27F3N4O3. The van der Waals surface area contributed by atoms with Crippen molar-refractivity contribution in [3.8, 4) is 17.1 Å². The van der Waals surface area contributed by atoms with E-state index in [0.717, 1.165) is 18.6 Å². The Morgan fingerprint density at radius 3 is 2.67 bits per heavy atom. The van der Waals surface area contributed by atoms with Crippen LogP contribution in [0.2, 0.25) is 0 Å². The van der Waals surface area contributed by atoms with Crippen molar-refractivity contribution in [2.24, 2.45) is 5.92 Å². The molecular weight excluding hydrogens is 437 g/mol. The highest BCUT2D eigenvalue weighted by Gasteiger charge is 2.31. The highest BCUT2D eigenvalue weighted by Crippen LogP contribution is 2.34. The highest BCUT2D eigenvalue weighted by atomic mass is 19.4. The number of carbonyl (C=O) groups is 2. The van der Waals surface area contributed by atoms with Crippen molar-refractivity contribution in [3.63, 3.8) is 0 Å². The van der Waals surface area contributed by atoms with Crippen molar-refractivity contribution in [1.82, 2.24) is 14.9 Å². The van der Waals surface area contributed by atoms with Crippen LogP contribution in [0.4, 0.5) is 19.0 Å². The molecule has 0 saturated carbocycles. The summed E-state index contributed by atoms with van der Waals surface area (Å²) in [6.07, 6.45) is -0.662. The van der Waals surface area contributed by atoms with Gasteiger partial charge in [-0.1, -0.05) is 26.0 Å². The molecule has 1 aromatic heterocycles. The molecule has 1 saturated heterocycles. The van der Waals surface area contributed by atoms with Gasteiger partial charge in [-0.3, -0.25) is 9.59 Å². The molecule has 10 heteroatoms. The van der Waals surface area contributed by atoms with E-state index in [1.165, 1.54) is 18.3 Å². The van der Waals surface area contributed by atoms with Gasteiger partial charge in [-0.05, 0) is 31.4 Å². The lowest BCUT2D eigenvalue weighted by molar-refractivity contribution is -0.137. The zero-order valence-corrected chi connectivity index (χ0v) is 18.6. The number of alkyl halides is 3. The average Bonchev–Trinajstić information content (AvgIpc) is 3.19. The number of anilines is 1. The zero-order valence-electron chi connectivity index (χ0n) is 18.6. The number of ether oxygens (including phenoxy) is 1. The molecule has 0 radical (unpaired) electrons. The number of benzene rings is 1. The first-order chi connectivity index (χ1) is 15.7. The molecule has 0 aliphatic carbocycles. The molecule has 7 nitrogen and oxygen atoms in total. The molecule has 0 unspecified atom stereocenters. The molecule has 33 heavy (non-hydrogen) atoms. The number of nitrogens with one attached hydrogen (secondary N) is 1. The lowest BCUT2D eigenvalue weighted by Crippen LogP contribution is -2.29. The van der Waals surface area contributed by atoms with Gasteiger partial charge in [0.25, 0.3) is 0 Å². The second-order valence-electron chi connectivity index (χ2n) is 7.82. The number of aromatic nitrogens is 2. The normalized spacial score (nSPS) is 14.1. The summed E-state index contributed by atoms with van der Waals surface area (Å²) in [6.45, 7) is 5.02. The first-order valence-electron chi connectivity index (χ1n) is 11.0. The van der Waals surface area contributed by atoms with Gasteiger partial charge >= 0.3 is 6.18 Å². The Morgan fingerprint density at radius 2 is 2.03 bits per heavy atom. The fourth-order valence-corrected chi connectivity index (χ4v) is 3.66. The molecule has 178 valence electrons. The van der Waals surface area contributed by atoms with E-state index < -0.39 is 11.7 Å². The second kappa shape index (κ2) is 10.6. The molecule has 1 aliphatic rings. The predicted octanol–water partition coefficient (Wildman–Crippen LogP) is 4.54. The third-order valence-electron chi connectivity index (χ3n) is 5.59. The largest absolute Gasteiger partial charge is 0.475 e. The quantitative estimate of drug-likeness (QED) is 0.589. The molecule has 2 heterocycles. The third-order valence-corrected chi connectivity index (χ3v) is 5.59. The van der Waals surface area contributed by atoms with Crippen LogP contribution in [0.25, 0.3) is 11.3 Å². The van der Waals surface area contributed by atoms with Crippen LogP contribution in [0.15, 0.2) is 30.5 Å². The summed E-state index contributed by atoms with van der Waals surface area (Å²) in [4.78, 5) is 34.7. The van der Waals surface area contributed by atoms with Crippen molar-refractivity contribution in [2.45, 2.75) is 45.7 Å². The Hall–Kier alpha value is -3.17. The zero-order chi connectivity index (χ0) is 24.0. The molecule has 2 amide bonds. The average molecular weight is 464 g/mol.